The fraction of sp³-hybridized carbons (Fsp3) is 0.391. The second-order valence-electron chi connectivity index (χ2n) is 7.87. The fourth-order valence-electron chi connectivity index (χ4n) is 4.47. The van der Waals surface area contributed by atoms with Gasteiger partial charge in [-0.3, -0.25) is 14.9 Å². The Kier molecular flexibility index (Phi) is 5.69. The number of hydrogen-bond acceptors (Lipinski definition) is 4. The van der Waals surface area contributed by atoms with Crippen molar-refractivity contribution in [2.75, 3.05) is 0 Å². The lowest BCUT2D eigenvalue weighted by Crippen LogP contribution is -2.09. The smallest absolute Gasteiger partial charge is 0.267 e. The van der Waals surface area contributed by atoms with Crippen LogP contribution in [0.4, 0.5) is 5.69 Å². The Hall–Kier alpha value is -3.02. The van der Waals surface area contributed by atoms with Gasteiger partial charge in [-0.15, -0.1) is 0 Å². The van der Waals surface area contributed by atoms with Gasteiger partial charge in [-0.2, -0.15) is 5.10 Å². The normalized spacial score (nSPS) is 16.1. The summed E-state index contributed by atoms with van der Waals surface area (Å²) in [5.41, 5.74) is 1.93. The Morgan fingerprint density at radius 2 is 1.59 bits per heavy atom. The molecule has 1 aliphatic carbocycles. The molecule has 1 saturated carbocycles. The lowest BCUT2D eigenvalue weighted by molar-refractivity contribution is -0.385. The Labute approximate surface area is 169 Å². The van der Waals surface area contributed by atoms with Crippen molar-refractivity contribution in [3.63, 3.8) is 0 Å². The maximum Gasteiger partial charge on any atom is 0.273 e. The quantitative estimate of drug-likeness (QED) is 0.457. The summed E-state index contributed by atoms with van der Waals surface area (Å²) in [7, 11) is 0. The summed E-state index contributed by atoms with van der Waals surface area (Å²) in [6.45, 7) is 0. The molecule has 1 fully saturated rings. The van der Waals surface area contributed by atoms with Gasteiger partial charge in [-0.1, -0.05) is 68.9 Å². The molecule has 29 heavy (non-hydrogen) atoms. The van der Waals surface area contributed by atoms with Gasteiger partial charge in [0.2, 0.25) is 0 Å². The molecule has 0 unspecified atom stereocenters. The minimum absolute atomic E-state index is 0.156. The third-order valence-corrected chi connectivity index (χ3v) is 5.99. The first-order valence-electron chi connectivity index (χ1n) is 10.4. The number of fused-ring (bicyclic) bond motifs is 1. The third kappa shape index (κ3) is 4.06. The lowest BCUT2D eigenvalue weighted by Gasteiger charge is -2.17. The van der Waals surface area contributed by atoms with Crippen LogP contribution in [-0.2, 0) is 0 Å². The first-order valence-corrected chi connectivity index (χ1v) is 10.4. The van der Waals surface area contributed by atoms with Gasteiger partial charge in [0.15, 0.2) is 0 Å². The Morgan fingerprint density at radius 1 is 0.931 bits per heavy atom. The summed E-state index contributed by atoms with van der Waals surface area (Å²) in [5.74, 6) is 0.225. The van der Waals surface area contributed by atoms with Gasteiger partial charge in [0.25, 0.3) is 11.2 Å². The molecular weight excluding hydrogens is 366 g/mol. The molecule has 1 aromatic heterocycles. The van der Waals surface area contributed by atoms with Crippen molar-refractivity contribution in [1.82, 2.24) is 10.2 Å². The fourth-order valence-corrected chi connectivity index (χ4v) is 4.47. The first kappa shape index (κ1) is 19.3. The van der Waals surface area contributed by atoms with E-state index in [2.05, 4.69) is 10.2 Å². The van der Waals surface area contributed by atoms with Crippen molar-refractivity contribution in [3.05, 3.63) is 68.5 Å². The molecule has 6 nitrogen and oxygen atoms in total. The van der Waals surface area contributed by atoms with E-state index < -0.39 is 0 Å². The van der Waals surface area contributed by atoms with Crippen LogP contribution in [0.25, 0.3) is 22.0 Å². The number of H-pyrrole nitrogens is 1. The van der Waals surface area contributed by atoms with Crippen molar-refractivity contribution in [2.24, 2.45) is 0 Å². The van der Waals surface area contributed by atoms with Crippen LogP contribution in [0.5, 0.6) is 0 Å². The number of nitrogens with one attached hydrogen (secondary N) is 1. The Balaban J connectivity index is 1.78. The molecule has 6 heteroatoms. The van der Waals surface area contributed by atoms with Crippen LogP contribution < -0.4 is 5.56 Å². The predicted molar refractivity (Wildman–Crippen MR) is 114 cm³/mol. The molecule has 3 aromatic rings. The molecule has 1 heterocycles. The van der Waals surface area contributed by atoms with Gasteiger partial charge in [-0.25, -0.2) is 5.10 Å². The van der Waals surface area contributed by atoms with E-state index in [1.807, 2.05) is 24.3 Å². The average molecular weight is 391 g/mol. The van der Waals surface area contributed by atoms with Gasteiger partial charge in [0.05, 0.1) is 16.0 Å². The summed E-state index contributed by atoms with van der Waals surface area (Å²) >= 11 is 0. The van der Waals surface area contributed by atoms with Crippen LogP contribution in [0, 0.1) is 10.1 Å². The first-order chi connectivity index (χ1) is 14.1. The van der Waals surface area contributed by atoms with E-state index in [1.54, 1.807) is 18.2 Å². The summed E-state index contributed by atoms with van der Waals surface area (Å²) < 4.78 is 0. The molecule has 150 valence electrons. The highest BCUT2D eigenvalue weighted by molar-refractivity contribution is 5.94. The SMILES string of the molecule is O=c1[nH]nc(-c2ccc(C3CCCCCCCC3)c([N+](=O)[O-])c2)c2ccccc12. The highest BCUT2D eigenvalue weighted by atomic mass is 16.6. The van der Waals surface area contributed by atoms with E-state index in [4.69, 9.17) is 0 Å². The van der Waals surface area contributed by atoms with E-state index in [0.717, 1.165) is 31.2 Å². The number of benzene rings is 2. The zero-order chi connectivity index (χ0) is 20.2. The summed E-state index contributed by atoms with van der Waals surface area (Å²) in [4.78, 5) is 23.7. The third-order valence-electron chi connectivity index (χ3n) is 5.99. The number of aromatic nitrogens is 2. The van der Waals surface area contributed by atoms with Crippen LogP contribution in [0.2, 0.25) is 0 Å². The van der Waals surface area contributed by atoms with Gasteiger partial charge in [-0.05, 0) is 24.8 Å². The van der Waals surface area contributed by atoms with Crippen molar-refractivity contribution >= 4 is 16.5 Å². The molecule has 1 aliphatic rings. The maximum absolute atomic E-state index is 12.1. The molecule has 0 atom stereocenters. The molecule has 0 amide bonds. The molecule has 0 aliphatic heterocycles. The highest BCUT2D eigenvalue weighted by Gasteiger charge is 2.24. The molecule has 0 spiro atoms. The van der Waals surface area contributed by atoms with E-state index in [0.29, 0.717) is 22.0 Å². The Morgan fingerprint density at radius 3 is 2.28 bits per heavy atom. The molecule has 0 radical (unpaired) electrons. The van der Waals surface area contributed by atoms with Gasteiger partial charge in [0, 0.05) is 22.6 Å². The van der Waals surface area contributed by atoms with Crippen LogP contribution >= 0.6 is 0 Å². The van der Waals surface area contributed by atoms with Crippen molar-refractivity contribution in [2.45, 2.75) is 57.3 Å². The molecule has 2 aromatic carbocycles. The highest BCUT2D eigenvalue weighted by Crippen LogP contribution is 2.38. The Bertz CT molecular complexity index is 1080. The van der Waals surface area contributed by atoms with E-state index in [9.17, 15) is 14.9 Å². The molecular formula is C23H25N3O3. The standard InChI is InChI=1S/C23H25N3O3/c27-23-20-12-8-7-11-19(20)22(24-25-23)17-13-14-18(21(15-17)26(28)29)16-9-5-3-1-2-4-6-10-16/h7-8,11-16H,1-6,9-10H2,(H,25,27). The predicted octanol–water partition coefficient (Wildman–Crippen LogP) is 5.72. The summed E-state index contributed by atoms with van der Waals surface area (Å²) in [5, 5.41) is 19.9. The monoisotopic (exact) mass is 391 g/mol. The maximum atomic E-state index is 12.1. The molecule has 0 bridgehead atoms. The molecule has 1 N–H and O–H groups in total. The molecule has 0 saturated heterocycles. The van der Waals surface area contributed by atoms with Crippen LogP contribution in [-0.4, -0.2) is 15.1 Å². The number of rotatable bonds is 3. The minimum atomic E-state index is -0.278. The molecule has 4 rings (SSSR count). The number of nitro benzene ring substituents is 1. The second kappa shape index (κ2) is 8.55. The van der Waals surface area contributed by atoms with Gasteiger partial charge < -0.3 is 0 Å². The topological polar surface area (TPSA) is 88.9 Å². The van der Waals surface area contributed by atoms with Crippen LogP contribution in [0.1, 0.15) is 62.8 Å². The van der Waals surface area contributed by atoms with E-state index in [1.165, 1.54) is 25.7 Å². The number of aromatic amines is 1. The van der Waals surface area contributed by atoms with Crippen LogP contribution in [0.3, 0.4) is 0 Å². The van der Waals surface area contributed by atoms with Gasteiger partial charge >= 0.3 is 0 Å². The second-order valence-corrected chi connectivity index (χ2v) is 7.87. The lowest BCUT2D eigenvalue weighted by atomic mass is 9.87. The zero-order valence-corrected chi connectivity index (χ0v) is 16.4. The zero-order valence-electron chi connectivity index (χ0n) is 16.4. The van der Waals surface area contributed by atoms with Crippen molar-refractivity contribution in [1.29, 1.82) is 0 Å². The number of nitro groups is 1. The number of hydrogen-bond donors (Lipinski definition) is 1. The van der Waals surface area contributed by atoms with E-state index in [-0.39, 0.29) is 22.1 Å². The van der Waals surface area contributed by atoms with Crippen molar-refractivity contribution < 1.29 is 4.92 Å². The van der Waals surface area contributed by atoms with E-state index >= 15 is 0 Å². The van der Waals surface area contributed by atoms with Gasteiger partial charge in [0.1, 0.15) is 0 Å². The largest absolute Gasteiger partial charge is 0.273 e. The minimum Gasteiger partial charge on any atom is -0.267 e. The summed E-state index contributed by atoms with van der Waals surface area (Å²) in [6, 6.07) is 12.6. The van der Waals surface area contributed by atoms with Crippen molar-refractivity contribution in [3.8, 4) is 11.3 Å². The summed E-state index contributed by atoms with van der Waals surface area (Å²) in [6.07, 6.45) is 9.17. The average Bonchev–Trinajstić information content (AvgIpc) is 2.88. The number of nitrogens with zero attached hydrogens (tertiary/aromatic N) is 2. The van der Waals surface area contributed by atoms with Crippen LogP contribution in [0.15, 0.2) is 47.3 Å².